The van der Waals surface area contributed by atoms with Gasteiger partial charge in [0.25, 0.3) is 11.5 Å². The molecule has 1 aromatic carbocycles. The maximum atomic E-state index is 12.3. The van der Waals surface area contributed by atoms with Crippen LogP contribution in [-0.2, 0) is 11.3 Å². The van der Waals surface area contributed by atoms with Crippen molar-refractivity contribution in [3.8, 4) is 5.75 Å². The number of amides is 1. The summed E-state index contributed by atoms with van der Waals surface area (Å²) in [4.78, 5) is 26.4. The fourth-order valence-corrected chi connectivity index (χ4v) is 3.04. The molecule has 0 unspecified atom stereocenters. The first-order chi connectivity index (χ1) is 11.2. The second-order valence-electron chi connectivity index (χ2n) is 5.85. The van der Waals surface area contributed by atoms with Gasteiger partial charge in [0.1, 0.15) is 5.75 Å². The van der Waals surface area contributed by atoms with E-state index < -0.39 is 0 Å². The molecule has 1 amide bonds. The summed E-state index contributed by atoms with van der Waals surface area (Å²) >= 11 is 0. The molecule has 5 nitrogen and oxygen atoms in total. The fraction of sp³-hybridized carbons (Fsp3) is 0.444. The van der Waals surface area contributed by atoms with Crippen LogP contribution >= 0.6 is 0 Å². The van der Waals surface area contributed by atoms with Gasteiger partial charge in [-0.2, -0.15) is 0 Å². The molecule has 0 bridgehead atoms. The van der Waals surface area contributed by atoms with Crippen molar-refractivity contribution in [2.45, 2.75) is 32.7 Å². The van der Waals surface area contributed by atoms with Gasteiger partial charge < -0.3 is 14.2 Å². The van der Waals surface area contributed by atoms with Crippen molar-refractivity contribution in [3.05, 3.63) is 40.8 Å². The van der Waals surface area contributed by atoms with E-state index in [2.05, 4.69) is 0 Å². The van der Waals surface area contributed by atoms with E-state index in [0.29, 0.717) is 17.7 Å². The van der Waals surface area contributed by atoms with Crippen molar-refractivity contribution in [3.63, 3.8) is 0 Å². The standard InChI is InChI=1S/C18H22N2O3/c1-2-19-12-9-14-15(18(19)22)7-6-8-16(14)23-13-17(21)20-10-4-3-5-11-20/h6-9,12H,2-5,10-11,13H2,1H3. The largest absolute Gasteiger partial charge is 0.483 e. The molecule has 0 radical (unpaired) electrons. The molecule has 122 valence electrons. The number of aryl methyl sites for hydroxylation is 1. The Labute approximate surface area is 135 Å². The Morgan fingerprint density at radius 3 is 2.65 bits per heavy atom. The van der Waals surface area contributed by atoms with Gasteiger partial charge in [-0.3, -0.25) is 9.59 Å². The third kappa shape index (κ3) is 3.23. The van der Waals surface area contributed by atoms with Gasteiger partial charge in [-0.1, -0.05) is 6.07 Å². The number of carbonyl (C=O) groups is 1. The highest BCUT2D eigenvalue weighted by atomic mass is 16.5. The van der Waals surface area contributed by atoms with Crippen molar-refractivity contribution < 1.29 is 9.53 Å². The Hall–Kier alpha value is -2.30. The third-order valence-electron chi connectivity index (χ3n) is 4.38. The van der Waals surface area contributed by atoms with E-state index >= 15 is 0 Å². The van der Waals surface area contributed by atoms with Crippen molar-refractivity contribution in [2.24, 2.45) is 0 Å². The molecule has 2 heterocycles. The van der Waals surface area contributed by atoms with Crippen LogP contribution in [0.4, 0.5) is 0 Å². The summed E-state index contributed by atoms with van der Waals surface area (Å²) in [6.45, 7) is 4.23. The molecule has 0 atom stereocenters. The van der Waals surface area contributed by atoms with Gasteiger partial charge >= 0.3 is 0 Å². The minimum atomic E-state index is -0.0298. The van der Waals surface area contributed by atoms with Crippen molar-refractivity contribution in [1.82, 2.24) is 9.47 Å². The number of likely N-dealkylation sites (tertiary alicyclic amines) is 1. The lowest BCUT2D eigenvalue weighted by Gasteiger charge is -2.26. The van der Waals surface area contributed by atoms with E-state index in [1.807, 2.05) is 24.0 Å². The molecule has 23 heavy (non-hydrogen) atoms. The summed E-state index contributed by atoms with van der Waals surface area (Å²) in [5, 5.41) is 1.38. The van der Waals surface area contributed by atoms with Crippen LogP contribution in [0, 0.1) is 0 Å². The highest BCUT2D eigenvalue weighted by molar-refractivity contribution is 5.88. The van der Waals surface area contributed by atoms with Crippen LogP contribution in [0.1, 0.15) is 26.2 Å². The number of hydrogen-bond acceptors (Lipinski definition) is 3. The number of benzene rings is 1. The number of aromatic nitrogens is 1. The number of pyridine rings is 1. The van der Waals surface area contributed by atoms with Gasteiger partial charge in [0.15, 0.2) is 6.61 Å². The zero-order valence-electron chi connectivity index (χ0n) is 13.5. The highest BCUT2D eigenvalue weighted by Crippen LogP contribution is 2.23. The van der Waals surface area contributed by atoms with Crippen molar-refractivity contribution >= 4 is 16.7 Å². The number of nitrogens with zero attached hydrogens (tertiary/aromatic N) is 2. The molecule has 0 aliphatic carbocycles. The molecule has 0 saturated carbocycles. The maximum absolute atomic E-state index is 12.3. The topological polar surface area (TPSA) is 51.5 Å². The molecule has 3 rings (SSSR count). The Morgan fingerprint density at radius 1 is 1.13 bits per heavy atom. The minimum absolute atomic E-state index is 0.0172. The number of hydrogen-bond donors (Lipinski definition) is 0. The lowest BCUT2D eigenvalue weighted by molar-refractivity contribution is -0.134. The lowest BCUT2D eigenvalue weighted by atomic mass is 10.1. The molecule has 5 heteroatoms. The summed E-state index contributed by atoms with van der Waals surface area (Å²) < 4.78 is 7.38. The van der Waals surface area contributed by atoms with Crippen LogP contribution in [0.5, 0.6) is 5.75 Å². The molecule has 1 saturated heterocycles. The molecule has 2 aromatic rings. The van der Waals surface area contributed by atoms with Gasteiger partial charge in [-0.15, -0.1) is 0 Å². The van der Waals surface area contributed by atoms with Gasteiger partial charge in [0, 0.05) is 31.2 Å². The van der Waals surface area contributed by atoms with E-state index in [4.69, 9.17) is 4.74 Å². The molecule has 1 fully saturated rings. The zero-order chi connectivity index (χ0) is 16.2. The van der Waals surface area contributed by atoms with Crippen LogP contribution in [0.3, 0.4) is 0 Å². The normalized spacial score (nSPS) is 14.9. The first kappa shape index (κ1) is 15.6. The SMILES string of the molecule is CCn1ccc2c(OCC(=O)N3CCCCC3)cccc2c1=O. The first-order valence-electron chi connectivity index (χ1n) is 8.23. The Morgan fingerprint density at radius 2 is 1.91 bits per heavy atom. The third-order valence-corrected chi connectivity index (χ3v) is 4.38. The van der Waals surface area contributed by atoms with Gasteiger partial charge in [0.2, 0.25) is 0 Å². The molecule has 0 spiro atoms. The summed E-state index contributed by atoms with van der Waals surface area (Å²) in [5.41, 5.74) is -0.0298. The van der Waals surface area contributed by atoms with Crippen LogP contribution in [0.25, 0.3) is 10.8 Å². The summed E-state index contributed by atoms with van der Waals surface area (Å²) in [5.74, 6) is 0.608. The van der Waals surface area contributed by atoms with Crippen molar-refractivity contribution in [2.75, 3.05) is 19.7 Å². The quantitative estimate of drug-likeness (QED) is 0.871. The molecular weight excluding hydrogens is 292 g/mol. The van der Waals surface area contributed by atoms with E-state index in [0.717, 1.165) is 31.3 Å². The van der Waals surface area contributed by atoms with Gasteiger partial charge in [-0.05, 0) is 44.4 Å². The predicted octanol–water partition coefficient (Wildman–Crippen LogP) is 2.41. The molecular formula is C18H22N2O3. The Kier molecular flexibility index (Phi) is 4.65. The minimum Gasteiger partial charge on any atom is -0.483 e. The average Bonchev–Trinajstić information content (AvgIpc) is 2.61. The summed E-state index contributed by atoms with van der Waals surface area (Å²) in [6.07, 6.45) is 5.09. The van der Waals surface area contributed by atoms with Crippen LogP contribution in [0.2, 0.25) is 0 Å². The Bertz CT molecular complexity index is 760. The fourth-order valence-electron chi connectivity index (χ4n) is 3.04. The van der Waals surface area contributed by atoms with E-state index in [1.54, 1.807) is 22.9 Å². The van der Waals surface area contributed by atoms with Crippen LogP contribution in [-0.4, -0.2) is 35.1 Å². The summed E-state index contributed by atoms with van der Waals surface area (Å²) in [7, 11) is 0. The zero-order valence-corrected chi connectivity index (χ0v) is 13.5. The number of carbonyl (C=O) groups excluding carboxylic acids is 1. The second-order valence-corrected chi connectivity index (χ2v) is 5.85. The van der Waals surface area contributed by atoms with Gasteiger partial charge in [-0.25, -0.2) is 0 Å². The van der Waals surface area contributed by atoms with E-state index in [1.165, 1.54) is 6.42 Å². The molecule has 1 aliphatic heterocycles. The van der Waals surface area contributed by atoms with E-state index in [-0.39, 0.29) is 18.1 Å². The molecule has 0 N–H and O–H groups in total. The number of piperidine rings is 1. The first-order valence-corrected chi connectivity index (χ1v) is 8.23. The lowest BCUT2D eigenvalue weighted by Crippen LogP contribution is -2.38. The molecule has 1 aromatic heterocycles. The van der Waals surface area contributed by atoms with Gasteiger partial charge in [0.05, 0.1) is 5.39 Å². The average molecular weight is 314 g/mol. The Balaban J connectivity index is 1.79. The maximum Gasteiger partial charge on any atom is 0.260 e. The number of rotatable bonds is 4. The monoisotopic (exact) mass is 314 g/mol. The summed E-state index contributed by atoms with van der Waals surface area (Å²) in [6, 6.07) is 7.27. The number of ether oxygens (including phenoxy) is 1. The predicted molar refractivity (Wildman–Crippen MR) is 89.8 cm³/mol. The highest BCUT2D eigenvalue weighted by Gasteiger charge is 2.17. The van der Waals surface area contributed by atoms with Crippen LogP contribution in [0.15, 0.2) is 35.3 Å². The van der Waals surface area contributed by atoms with E-state index in [9.17, 15) is 9.59 Å². The molecule has 1 aliphatic rings. The smallest absolute Gasteiger partial charge is 0.260 e. The van der Waals surface area contributed by atoms with Crippen LogP contribution < -0.4 is 10.3 Å². The van der Waals surface area contributed by atoms with Crippen molar-refractivity contribution in [1.29, 1.82) is 0 Å². The second kappa shape index (κ2) is 6.86. The number of fused-ring (bicyclic) bond motifs is 1.